The van der Waals surface area contributed by atoms with Crippen LogP contribution in [0.2, 0.25) is 0 Å². The number of amides is 1. The predicted octanol–water partition coefficient (Wildman–Crippen LogP) is 2.28. The maximum atomic E-state index is 12.6. The van der Waals surface area contributed by atoms with Gasteiger partial charge in [0.05, 0.1) is 0 Å². The summed E-state index contributed by atoms with van der Waals surface area (Å²) in [6.45, 7) is 4.59. The standard InChI is InChI=1S/C18H32N4O/c1-2-19-18(20-15-9-6-10-15)21-16-11-12-22(13-16)17(23)14-7-4-3-5-8-14/h14-16H,2-13H2,1H3,(H2,19,20,21). The van der Waals surface area contributed by atoms with E-state index in [1.54, 1.807) is 0 Å². The minimum absolute atomic E-state index is 0.291. The Balaban J connectivity index is 1.47. The molecule has 0 bridgehead atoms. The lowest BCUT2D eigenvalue weighted by atomic mass is 9.88. The van der Waals surface area contributed by atoms with Crippen molar-refractivity contribution in [3.63, 3.8) is 0 Å². The molecule has 130 valence electrons. The first-order valence-corrected chi connectivity index (χ1v) is 9.62. The first-order chi connectivity index (χ1) is 11.3. The summed E-state index contributed by atoms with van der Waals surface area (Å²) in [5, 5.41) is 7.07. The Bertz CT molecular complexity index is 427. The zero-order chi connectivity index (χ0) is 16.1. The van der Waals surface area contributed by atoms with Gasteiger partial charge >= 0.3 is 0 Å². The Morgan fingerprint density at radius 3 is 2.39 bits per heavy atom. The van der Waals surface area contributed by atoms with Crippen molar-refractivity contribution in [2.45, 2.75) is 76.8 Å². The quantitative estimate of drug-likeness (QED) is 0.617. The number of guanidine groups is 1. The fraction of sp³-hybridized carbons (Fsp3) is 0.889. The summed E-state index contributed by atoms with van der Waals surface area (Å²) in [5.41, 5.74) is 0. The normalized spacial score (nSPS) is 26.9. The number of nitrogens with one attached hydrogen (secondary N) is 2. The minimum atomic E-state index is 0.291. The van der Waals surface area contributed by atoms with Gasteiger partial charge in [-0.25, -0.2) is 0 Å². The van der Waals surface area contributed by atoms with Crippen LogP contribution in [0, 0.1) is 5.92 Å². The number of carbonyl (C=O) groups excluding carboxylic acids is 1. The highest BCUT2D eigenvalue weighted by atomic mass is 16.2. The molecule has 2 N–H and O–H groups in total. The Labute approximate surface area is 140 Å². The third-order valence-corrected chi connectivity index (χ3v) is 5.56. The van der Waals surface area contributed by atoms with Crippen molar-refractivity contribution in [2.24, 2.45) is 10.9 Å². The molecule has 1 amide bonds. The van der Waals surface area contributed by atoms with E-state index in [-0.39, 0.29) is 0 Å². The van der Waals surface area contributed by atoms with E-state index in [9.17, 15) is 4.79 Å². The molecule has 3 fully saturated rings. The second-order valence-corrected chi connectivity index (χ2v) is 7.34. The van der Waals surface area contributed by atoms with Crippen LogP contribution in [0.15, 0.2) is 4.99 Å². The van der Waals surface area contributed by atoms with Crippen molar-refractivity contribution in [3.8, 4) is 0 Å². The van der Waals surface area contributed by atoms with Crippen molar-refractivity contribution in [1.82, 2.24) is 15.5 Å². The largest absolute Gasteiger partial charge is 0.354 e. The molecule has 1 atom stereocenters. The molecule has 0 aromatic heterocycles. The molecule has 3 aliphatic rings. The number of hydrogen-bond donors (Lipinski definition) is 2. The zero-order valence-electron chi connectivity index (χ0n) is 14.5. The second-order valence-electron chi connectivity index (χ2n) is 7.34. The SMILES string of the molecule is CCN=C(NC1CCC1)NC1CCN(C(=O)C2CCCCC2)C1. The second kappa shape index (κ2) is 8.02. The van der Waals surface area contributed by atoms with E-state index in [2.05, 4.69) is 27.4 Å². The van der Waals surface area contributed by atoms with Gasteiger partial charge < -0.3 is 15.5 Å². The Morgan fingerprint density at radius 2 is 1.74 bits per heavy atom. The van der Waals surface area contributed by atoms with Gasteiger partial charge in [0, 0.05) is 37.6 Å². The topological polar surface area (TPSA) is 56.7 Å². The van der Waals surface area contributed by atoms with Crippen LogP contribution in [0.3, 0.4) is 0 Å². The van der Waals surface area contributed by atoms with Gasteiger partial charge in [0.1, 0.15) is 0 Å². The van der Waals surface area contributed by atoms with Crippen LogP contribution in [0.4, 0.5) is 0 Å². The summed E-state index contributed by atoms with van der Waals surface area (Å²) >= 11 is 0. The van der Waals surface area contributed by atoms with Crippen LogP contribution in [0.1, 0.15) is 64.7 Å². The molecule has 0 radical (unpaired) electrons. The predicted molar refractivity (Wildman–Crippen MR) is 93.4 cm³/mol. The molecule has 5 heteroatoms. The highest BCUT2D eigenvalue weighted by Gasteiger charge is 2.32. The Kier molecular flexibility index (Phi) is 5.79. The maximum Gasteiger partial charge on any atom is 0.225 e. The van der Waals surface area contributed by atoms with Gasteiger partial charge in [-0.05, 0) is 45.4 Å². The Morgan fingerprint density at radius 1 is 1.00 bits per heavy atom. The van der Waals surface area contributed by atoms with Gasteiger partial charge in [0.2, 0.25) is 5.91 Å². The average molecular weight is 320 g/mol. The molecule has 1 saturated heterocycles. The summed E-state index contributed by atoms with van der Waals surface area (Å²) in [6.07, 6.45) is 10.8. The number of carbonyl (C=O) groups is 1. The van der Waals surface area contributed by atoms with Crippen molar-refractivity contribution in [3.05, 3.63) is 0 Å². The lowest BCUT2D eigenvalue weighted by Gasteiger charge is -2.30. The van der Waals surface area contributed by atoms with Crippen molar-refractivity contribution < 1.29 is 4.79 Å². The fourth-order valence-electron chi connectivity index (χ4n) is 3.92. The van der Waals surface area contributed by atoms with E-state index < -0.39 is 0 Å². The number of likely N-dealkylation sites (tertiary alicyclic amines) is 1. The maximum absolute atomic E-state index is 12.6. The van der Waals surface area contributed by atoms with Crippen molar-refractivity contribution in [1.29, 1.82) is 0 Å². The smallest absolute Gasteiger partial charge is 0.225 e. The van der Waals surface area contributed by atoms with Crippen LogP contribution >= 0.6 is 0 Å². The van der Waals surface area contributed by atoms with Crippen molar-refractivity contribution >= 4 is 11.9 Å². The van der Waals surface area contributed by atoms with Crippen LogP contribution in [0.5, 0.6) is 0 Å². The summed E-state index contributed by atoms with van der Waals surface area (Å²) in [4.78, 5) is 19.3. The van der Waals surface area contributed by atoms with Gasteiger partial charge in [0.25, 0.3) is 0 Å². The molecule has 0 aromatic carbocycles. The molecule has 1 heterocycles. The first kappa shape index (κ1) is 16.6. The van der Waals surface area contributed by atoms with Crippen LogP contribution in [-0.4, -0.2) is 48.5 Å². The summed E-state index contributed by atoms with van der Waals surface area (Å²) < 4.78 is 0. The van der Waals surface area contributed by atoms with Gasteiger partial charge in [-0.2, -0.15) is 0 Å². The van der Waals surface area contributed by atoms with E-state index in [1.165, 1.54) is 38.5 Å². The summed E-state index contributed by atoms with van der Waals surface area (Å²) in [5.74, 6) is 1.63. The molecule has 0 spiro atoms. The van der Waals surface area contributed by atoms with Gasteiger partial charge in [0.15, 0.2) is 5.96 Å². The van der Waals surface area contributed by atoms with Gasteiger partial charge in [-0.15, -0.1) is 0 Å². The first-order valence-electron chi connectivity index (χ1n) is 9.62. The van der Waals surface area contributed by atoms with Crippen LogP contribution in [0.25, 0.3) is 0 Å². The highest BCUT2D eigenvalue weighted by Crippen LogP contribution is 2.26. The number of hydrogen-bond acceptors (Lipinski definition) is 2. The molecule has 1 aliphatic heterocycles. The lowest BCUT2D eigenvalue weighted by Crippen LogP contribution is -2.50. The molecular formula is C18H32N4O. The van der Waals surface area contributed by atoms with Gasteiger partial charge in [-0.3, -0.25) is 9.79 Å². The third kappa shape index (κ3) is 4.39. The van der Waals surface area contributed by atoms with E-state index >= 15 is 0 Å². The molecule has 0 aromatic rings. The third-order valence-electron chi connectivity index (χ3n) is 5.56. The number of rotatable bonds is 4. The monoisotopic (exact) mass is 320 g/mol. The fourth-order valence-corrected chi connectivity index (χ4v) is 3.92. The molecule has 1 unspecified atom stereocenters. The Hall–Kier alpha value is -1.26. The minimum Gasteiger partial charge on any atom is -0.354 e. The van der Waals surface area contributed by atoms with Gasteiger partial charge in [-0.1, -0.05) is 19.3 Å². The molecule has 23 heavy (non-hydrogen) atoms. The van der Waals surface area contributed by atoms with E-state index in [1.807, 2.05) is 0 Å². The van der Waals surface area contributed by atoms with Crippen molar-refractivity contribution in [2.75, 3.05) is 19.6 Å². The van der Waals surface area contributed by atoms with E-state index in [0.29, 0.717) is 23.9 Å². The molecule has 2 aliphatic carbocycles. The molecule has 5 nitrogen and oxygen atoms in total. The molecule has 3 rings (SSSR count). The zero-order valence-corrected chi connectivity index (χ0v) is 14.5. The van der Waals surface area contributed by atoms with Crippen LogP contribution in [-0.2, 0) is 4.79 Å². The lowest BCUT2D eigenvalue weighted by molar-refractivity contribution is -0.135. The summed E-state index contributed by atoms with van der Waals surface area (Å²) in [7, 11) is 0. The van der Waals surface area contributed by atoms with Crippen LogP contribution < -0.4 is 10.6 Å². The highest BCUT2D eigenvalue weighted by molar-refractivity contribution is 5.81. The van der Waals surface area contributed by atoms with E-state index in [0.717, 1.165) is 44.9 Å². The van der Waals surface area contributed by atoms with E-state index in [4.69, 9.17) is 0 Å². The average Bonchev–Trinajstić information content (AvgIpc) is 2.99. The molecular weight excluding hydrogens is 288 g/mol. The molecule has 2 saturated carbocycles. The number of aliphatic imine (C=N–C) groups is 1. The summed E-state index contributed by atoms with van der Waals surface area (Å²) in [6, 6.07) is 0.939. The number of nitrogens with zero attached hydrogens (tertiary/aromatic N) is 2.